The van der Waals surface area contributed by atoms with E-state index in [1.807, 2.05) is 24.3 Å². The van der Waals surface area contributed by atoms with Gasteiger partial charge in [0.15, 0.2) is 0 Å². The maximum absolute atomic E-state index is 5.53. The smallest absolute Gasteiger partial charge is 0.120 e. The highest BCUT2D eigenvalue weighted by Crippen LogP contribution is 2.41. The van der Waals surface area contributed by atoms with Crippen LogP contribution in [0.1, 0.15) is 52.7 Å². The SMILES string of the molecule is COc1cccc(N(c2cccc(OC)c2)c2cc(C(C)(C)C)cc(C(C)(C)C)c2)c1. The maximum atomic E-state index is 5.53. The molecule has 3 aromatic carbocycles. The zero-order valence-corrected chi connectivity index (χ0v) is 20.1. The van der Waals surface area contributed by atoms with Crippen LogP contribution in [-0.2, 0) is 10.8 Å². The molecule has 164 valence electrons. The van der Waals surface area contributed by atoms with Crippen LogP contribution >= 0.6 is 0 Å². The molecule has 3 heteroatoms. The zero-order valence-electron chi connectivity index (χ0n) is 20.1. The summed E-state index contributed by atoms with van der Waals surface area (Å²) in [6.07, 6.45) is 0. The monoisotopic (exact) mass is 417 g/mol. The van der Waals surface area contributed by atoms with E-state index in [0.29, 0.717) is 0 Å². The third-order valence-electron chi connectivity index (χ3n) is 5.53. The predicted octanol–water partition coefficient (Wildman–Crippen LogP) is 7.77. The summed E-state index contributed by atoms with van der Waals surface area (Å²) in [5.74, 6) is 1.65. The van der Waals surface area contributed by atoms with Crippen LogP contribution < -0.4 is 14.4 Å². The van der Waals surface area contributed by atoms with E-state index in [-0.39, 0.29) is 10.8 Å². The van der Waals surface area contributed by atoms with E-state index >= 15 is 0 Å². The van der Waals surface area contributed by atoms with Crippen LogP contribution in [0.5, 0.6) is 11.5 Å². The lowest BCUT2D eigenvalue weighted by molar-refractivity contribution is 0.414. The molecule has 3 nitrogen and oxygen atoms in total. The number of rotatable bonds is 5. The standard InChI is InChI=1S/C28H35NO2/c1-27(2,3)20-15-21(28(4,5)6)17-24(16-20)29(22-11-9-13-25(18-22)30-7)23-12-10-14-26(19-23)31-8/h9-19H,1-8H3. The summed E-state index contributed by atoms with van der Waals surface area (Å²) in [5.41, 5.74) is 5.89. The first-order valence-corrected chi connectivity index (χ1v) is 10.8. The molecule has 31 heavy (non-hydrogen) atoms. The second-order valence-corrected chi connectivity index (χ2v) is 10.0. The van der Waals surface area contributed by atoms with E-state index < -0.39 is 0 Å². The van der Waals surface area contributed by atoms with Gasteiger partial charge in [0.05, 0.1) is 14.2 Å². The Kier molecular flexibility index (Phi) is 6.35. The van der Waals surface area contributed by atoms with Crippen molar-refractivity contribution in [2.45, 2.75) is 52.4 Å². The fourth-order valence-corrected chi connectivity index (χ4v) is 3.55. The van der Waals surface area contributed by atoms with Crippen molar-refractivity contribution >= 4 is 17.1 Å². The van der Waals surface area contributed by atoms with Gasteiger partial charge in [0.25, 0.3) is 0 Å². The molecule has 0 bridgehead atoms. The van der Waals surface area contributed by atoms with Crippen molar-refractivity contribution in [3.8, 4) is 11.5 Å². The zero-order chi connectivity index (χ0) is 22.8. The molecule has 0 aromatic heterocycles. The number of benzene rings is 3. The number of ether oxygens (including phenoxy) is 2. The van der Waals surface area contributed by atoms with Crippen molar-refractivity contribution in [2.24, 2.45) is 0 Å². The Hall–Kier alpha value is -2.94. The van der Waals surface area contributed by atoms with Crippen molar-refractivity contribution < 1.29 is 9.47 Å². The molecule has 0 aliphatic rings. The fraction of sp³-hybridized carbons (Fsp3) is 0.357. The Balaban J connectivity index is 2.30. The minimum atomic E-state index is 0.0322. The van der Waals surface area contributed by atoms with E-state index in [0.717, 1.165) is 28.6 Å². The van der Waals surface area contributed by atoms with Crippen molar-refractivity contribution in [1.82, 2.24) is 0 Å². The average Bonchev–Trinajstić information content (AvgIpc) is 2.73. The van der Waals surface area contributed by atoms with Gasteiger partial charge in [-0.05, 0) is 58.4 Å². The van der Waals surface area contributed by atoms with Crippen LogP contribution in [0.2, 0.25) is 0 Å². The molecule has 0 N–H and O–H groups in total. The number of nitrogens with zero attached hydrogens (tertiary/aromatic N) is 1. The van der Waals surface area contributed by atoms with E-state index in [9.17, 15) is 0 Å². The Morgan fingerprint density at radius 3 is 1.32 bits per heavy atom. The molecule has 0 amide bonds. The fourth-order valence-electron chi connectivity index (χ4n) is 3.55. The summed E-state index contributed by atoms with van der Waals surface area (Å²) in [6.45, 7) is 13.6. The van der Waals surface area contributed by atoms with E-state index in [1.54, 1.807) is 14.2 Å². The van der Waals surface area contributed by atoms with E-state index in [4.69, 9.17) is 9.47 Å². The van der Waals surface area contributed by atoms with Gasteiger partial charge >= 0.3 is 0 Å². The minimum Gasteiger partial charge on any atom is -0.497 e. The Labute approximate surface area is 187 Å². The highest BCUT2D eigenvalue weighted by Gasteiger charge is 2.23. The summed E-state index contributed by atoms with van der Waals surface area (Å²) < 4.78 is 11.1. The molecule has 3 aromatic rings. The number of hydrogen-bond donors (Lipinski definition) is 0. The average molecular weight is 418 g/mol. The maximum Gasteiger partial charge on any atom is 0.120 e. The largest absolute Gasteiger partial charge is 0.497 e. The van der Waals surface area contributed by atoms with Crippen molar-refractivity contribution in [2.75, 3.05) is 19.1 Å². The van der Waals surface area contributed by atoms with Crippen LogP contribution in [0, 0.1) is 0 Å². The van der Waals surface area contributed by atoms with Crippen LogP contribution in [0.25, 0.3) is 0 Å². The van der Waals surface area contributed by atoms with Gasteiger partial charge in [-0.25, -0.2) is 0 Å². The molecule has 0 atom stereocenters. The molecule has 0 radical (unpaired) electrons. The second-order valence-electron chi connectivity index (χ2n) is 10.0. The topological polar surface area (TPSA) is 21.7 Å². The van der Waals surface area contributed by atoms with Gasteiger partial charge in [0, 0.05) is 29.2 Å². The van der Waals surface area contributed by atoms with Crippen LogP contribution in [-0.4, -0.2) is 14.2 Å². The first kappa shape index (κ1) is 22.7. The van der Waals surface area contributed by atoms with Crippen LogP contribution in [0.3, 0.4) is 0 Å². The molecule has 0 aliphatic carbocycles. The summed E-state index contributed by atoms with van der Waals surface area (Å²) in [7, 11) is 3.40. The summed E-state index contributed by atoms with van der Waals surface area (Å²) in [5, 5.41) is 0. The normalized spacial score (nSPS) is 11.9. The lowest BCUT2D eigenvalue weighted by Crippen LogP contribution is -2.19. The Morgan fingerprint density at radius 2 is 0.968 bits per heavy atom. The minimum absolute atomic E-state index is 0.0322. The third-order valence-corrected chi connectivity index (χ3v) is 5.53. The van der Waals surface area contributed by atoms with Crippen molar-refractivity contribution in [1.29, 1.82) is 0 Å². The van der Waals surface area contributed by atoms with E-state index in [2.05, 4.69) is 88.9 Å². The van der Waals surface area contributed by atoms with Gasteiger partial charge in [-0.2, -0.15) is 0 Å². The first-order chi connectivity index (χ1) is 14.5. The van der Waals surface area contributed by atoms with Crippen LogP contribution in [0.4, 0.5) is 17.1 Å². The third kappa shape index (κ3) is 5.22. The molecular weight excluding hydrogens is 382 g/mol. The lowest BCUT2D eigenvalue weighted by atomic mass is 9.80. The quantitative estimate of drug-likeness (QED) is 0.423. The number of anilines is 3. The summed E-state index contributed by atoms with van der Waals surface area (Å²) >= 11 is 0. The lowest BCUT2D eigenvalue weighted by Gasteiger charge is -2.31. The second kappa shape index (κ2) is 8.66. The summed E-state index contributed by atoms with van der Waals surface area (Å²) in [6, 6.07) is 23.3. The molecule has 0 spiro atoms. The molecular formula is C28H35NO2. The Bertz CT molecular complexity index is 962. The molecule has 0 saturated heterocycles. The summed E-state index contributed by atoms with van der Waals surface area (Å²) in [4.78, 5) is 2.27. The van der Waals surface area contributed by atoms with Gasteiger partial charge in [0.1, 0.15) is 11.5 Å². The molecule has 3 rings (SSSR count). The first-order valence-electron chi connectivity index (χ1n) is 10.8. The van der Waals surface area contributed by atoms with Gasteiger partial charge in [-0.3, -0.25) is 0 Å². The van der Waals surface area contributed by atoms with Gasteiger partial charge in [0.2, 0.25) is 0 Å². The van der Waals surface area contributed by atoms with E-state index in [1.165, 1.54) is 11.1 Å². The Morgan fingerprint density at radius 1 is 0.548 bits per heavy atom. The highest BCUT2D eigenvalue weighted by atomic mass is 16.5. The van der Waals surface area contributed by atoms with Gasteiger partial charge in [-0.1, -0.05) is 59.7 Å². The molecule has 0 fully saturated rings. The van der Waals surface area contributed by atoms with Crippen molar-refractivity contribution in [3.63, 3.8) is 0 Å². The van der Waals surface area contributed by atoms with Crippen molar-refractivity contribution in [3.05, 3.63) is 77.9 Å². The molecule has 0 heterocycles. The van der Waals surface area contributed by atoms with Crippen LogP contribution in [0.15, 0.2) is 66.7 Å². The molecule has 0 aliphatic heterocycles. The van der Waals surface area contributed by atoms with Gasteiger partial charge in [-0.15, -0.1) is 0 Å². The van der Waals surface area contributed by atoms with Gasteiger partial charge < -0.3 is 14.4 Å². The molecule has 0 unspecified atom stereocenters. The molecule has 0 saturated carbocycles. The number of hydrogen-bond acceptors (Lipinski definition) is 3. The predicted molar refractivity (Wildman–Crippen MR) is 132 cm³/mol. The highest BCUT2D eigenvalue weighted by molar-refractivity contribution is 5.78. The number of methoxy groups -OCH3 is 2.